The summed E-state index contributed by atoms with van der Waals surface area (Å²) >= 11 is 1.76. The topological polar surface area (TPSA) is 63.3 Å². The summed E-state index contributed by atoms with van der Waals surface area (Å²) in [4.78, 5) is 10.6. The predicted molar refractivity (Wildman–Crippen MR) is 64.1 cm³/mol. The molecule has 0 spiro atoms. The Morgan fingerprint density at radius 3 is 2.80 bits per heavy atom. The SMILES string of the molecule is CCC1CCCCC1SC[C@@H](N)C(=O)O. The van der Waals surface area contributed by atoms with E-state index in [2.05, 4.69) is 6.92 Å². The second-order valence-corrected chi connectivity index (χ2v) is 5.54. The van der Waals surface area contributed by atoms with Gasteiger partial charge in [0.1, 0.15) is 6.04 Å². The van der Waals surface area contributed by atoms with Gasteiger partial charge in [-0.2, -0.15) is 11.8 Å². The lowest BCUT2D eigenvalue weighted by Crippen LogP contribution is -2.34. The Labute approximate surface area is 95.8 Å². The van der Waals surface area contributed by atoms with E-state index in [-0.39, 0.29) is 0 Å². The van der Waals surface area contributed by atoms with Crippen LogP contribution in [-0.2, 0) is 4.79 Å². The van der Waals surface area contributed by atoms with Crippen molar-refractivity contribution < 1.29 is 9.90 Å². The first-order valence-electron chi connectivity index (χ1n) is 5.75. The van der Waals surface area contributed by atoms with Crippen LogP contribution >= 0.6 is 11.8 Å². The van der Waals surface area contributed by atoms with Crippen LogP contribution < -0.4 is 5.73 Å². The molecule has 15 heavy (non-hydrogen) atoms. The first-order chi connectivity index (χ1) is 7.15. The van der Waals surface area contributed by atoms with Gasteiger partial charge in [0.15, 0.2) is 0 Å². The monoisotopic (exact) mass is 231 g/mol. The van der Waals surface area contributed by atoms with Gasteiger partial charge in [-0.3, -0.25) is 4.79 Å². The summed E-state index contributed by atoms with van der Waals surface area (Å²) in [5, 5.41) is 9.33. The molecular weight excluding hydrogens is 210 g/mol. The van der Waals surface area contributed by atoms with Gasteiger partial charge >= 0.3 is 5.97 Å². The van der Waals surface area contributed by atoms with Gasteiger partial charge in [-0.05, 0) is 18.8 Å². The molecule has 1 aliphatic carbocycles. The Kier molecular flexibility index (Phi) is 5.47. The van der Waals surface area contributed by atoms with Crippen molar-refractivity contribution in [3.8, 4) is 0 Å². The molecule has 0 aliphatic heterocycles. The van der Waals surface area contributed by atoms with Crippen LogP contribution in [0.15, 0.2) is 0 Å². The van der Waals surface area contributed by atoms with Crippen molar-refractivity contribution in [2.45, 2.75) is 50.3 Å². The van der Waals surface area contributed by atoms with Crippen LogP contribution in [0.1, 0.15) is 39.0 Å². The summed E-state index contributed by atoms with van der Waals surface area (Å²) in [6.07, 6.45) is 6.36. The minimum absolute atomic E-state index is 0.552. The number of hydrogen-bond acceptors (Lipinski definition) is 3. The maximum Gasteiger partial charge on any atom is 0.321 e. The molecule has 2 unspecified atom stereocenters. The zero-order valence-corrected chi connectivity index (χ0v) is 10.1. The predicted octanol–water partition coefficient (Wildman–Crippen LogP) is 2.10. The molecule has 0 aromatic carbocycles. The summed E-state index contributed by atoms with van der Waals surface area (Å²) in [5.41, 5.74) is 5.50. The first-order valence-corrected chi connectivity index (χ1v) is 6.80. The van der Waals surface area contributed by atoms with Crippen LogP contribution in [0.25, 0.3) is 0 Å². The Morgan fingerprint density at radius 2 is 2.20 bits per heavy atom. The highest BCUT2D eigenvalue weighted by atomic mass is 32.2. The number of nitrogens with two attached hydrogens (primary N) is 1. The normalized spacial score (nSPS) is 28.7. The molecule has 88 valence electrons. The molecule has 0 bridgehead atoms. The van der Waals surface area contributed by atoms with E-state index in [1.165, 1.54) is 32.1 Å². The van der Waals surface area contributed by atoms with E-state index in [0.29, 0.717) is 11.0 Å². The minimum atomic E-state index is -0.883. The summed E-state index contributed by atoms with van der Waals surface area (Å²) in [5.74, 6) is 0.437. The summed E-state index contributed by atoms with van der Waals surface area (Å²) in [6.45, 7) is 2.22. The van der Waals surface area contributed by atoms with Crippen molar-refractivity contribution in [3.05, 3.63) is 0 Å². The van der Waals surface area contributed by atoms with Crippen LogP contribution in [0, 0.1) is 5.92 Å². The third-order valence-corrected chi connectivity index (χ3v) is 4.77. The number of thioether (sulfide) groups is 1. The lowest BCUT2D eigenvalue weighted by atomic mass is 9.87. The van der Waals surface area contributed by atoms with Crippen molar-refractivity contribution in [1.29, 1.82) is 0 Å². The Hall–Kier alpha value is -0.220. The number of aliphatic carboxylic acids is 1. The van der Waals surface area contributed by atoms with Crippen LogP contribution in [0.5, 0.6) is 0 Å². The number of carbonyl (C=O) groups is 1. The molecule has 3 nitrogen and oxygen atoms in total. The summed E-state index contributed by atoms with van der Waals surface area (Å²) in [6, 6.07) is -0.700. The fourth-order valence-corrected chi connectivity index (χ4v) is 3.69. The highest BCUT2D eigenvalue weighted by Gasteiger charge is 2.25. The molecule has 1 saturated carbocycles. The third kappa shape index (κ3) is 4.03. The average Bonchev–Trinajstić information content (AvgIpc) is 2.26. The first kappa shape index (κ1) is 12.8. The van der Waals surface area contributed by atoms with Crippen molar-refractivity contribution in [2.75, 3.05) is 5.75 Å². The molecule has 1 fully saturated rings. The maximum atomic E-state index is 10.6. The summed E-state index contributed by atoms with van der Waals surface area (Å²) < 4.78 is 0. The molecule has 3 N–H and O–H groups in total. The van der Waals surface area contributed by atoms with E-state index in [4.69, 9.17) is 10.8 Å². The van der Waals surface area contributed by atoms with Crippen molar-refractivity contribution in [1.82, 2.24) is 0 Å². The minimum Gasteiger partial charge on any atom is -0.480 e. The molecule has 0 aromatic heterocycles. The highest BCUT2D eigenvalue weighted by Crippen LogP contribution is 2.35. The highest BCUT2D eigenvalue weighted by molar-refractivity contribution is 8.00. The molecule has 1 rings (SSSR count). The Morgan fingerprint density at radius 1 is 1.53 bits per heavy atom. The van der Waals surface area contributed by atoms with E-state index in [9.17, 15) is 4.79 Å². The quantitative estimate of drug-likeness (QED) is 0.760. The molecule has 3 atom stereocenters. The lowest BCUT2D eigenvalue weighted by Gasteiger charge is -2.30. The second kappa shape index (κ2) is 6.38. The number of hydrogen-bond donors (Lipinski definition) is 2. The average molecular weight is 231 g/mol. The molecule has 0 heterocycles. The van der Waals surface area contributed by atoms with Gasteiger partial charge < -0.3 is 10.8 Å². The van der Waals surface area contributed by atoms with Gasteiger partial charge in [-0.1, -0.05) is 26.2 Å². The molecule has 0 radical (unpaired) electrons. The molecular formula is C11H21NO2S. The van der Waals surface area contributed by atoms with Gasteiger partial charge in [0.25, 0.3) is 0 Å². The molecule has 0 saturated heterocycles. The largest absolute Gasteiger partial charge is 0.480 e. The Balaban J connectivity index is 2.32. The van der Waals surface area contributed by atoms with Crippen LogP contribution in [0.4, 0.5) is 0 Å². The van der Waals surface area contributed by atoms with Crippen LogP contribution in [0.3, 0.4) is 0 Å². The number of carboxylic acid groups (broad SMARTS) is 1. The Bertz CT molecular complexity index is 211. The van der Waals surface area contributed by atoms with E-state index >= 15 is 0 Å². The second-order valence-electron chi connectivity index (χ2n) is 4.27. The van der Waals surface area contributed by atoms with Gasteiger partial charge in [0.05, 0.1) is 0 Å². The standard InChI is InChI=1S/C11H21NO2S/c1-2-8-5-3-4-6-10(8)15-7-9(12)11(13)14/h8-10H,2-7,12H2,1H3,(H,13,14)/t8?,9-,10?/m1/s1. The molecule has 0 amide bonds. The third-order valence-electron chi connectivity index (χ3n) is 3.17. The van der Waals surface area contributed by atoms with Gasteiger partial charge in [-0.15, -0.1) is 0 Å². The molecule has 1 aliphatic rings. The number of rotatable bonds is 5. The zero-order chi connectivity index (χ0) is 11.3. The van der Waals surface area contributed by atoms with E-state index in [1.54, 1.807) is 11.8 Å². The van der Waals surface area contributed by atoms with Crippen molar-refractivity contribution >= 4 is 17.7 Å². The van der Waals surface area contributed by atoms with E-state index < -0.39 is 12.0 Å². The number of carboxylic acids is 1. The lowest BCUT2D eigenvalue weighted by molar-refractivity contribution is -0.137. The van der Waals surface area contributed by atoms with E-state index in [0.717, 1.165) is 5.92 Å². The molecule has 0 aromatic rings. The summed E-state index contributed by atoms with van der Waals surface area (Å²) in [7, 11) is 0. The maximum absolute atomic E-state index is 10.6. The van der Waals surface area contributed by atoms with Gasteiger partial charge in [0.2, 0.25) is 0 Å². The zero-order valence-electron chi connectivity index (χ0n) is 9.32. The smallest absolute Gasteiger partial charge is 0.321 e. The molecule has 4 heteroatoms. The van der Waals surface area contributed by atoms with Crippen LogP contribution in [-0.4, -0.2) is 28.1 Å². The fourth-order valence-electron chi connectivity index (χ4n) is 2.16. The van der Waals surface area contributed by atoms with Gasteiger partial charge in [0, 0.05) is 11.0 Å². The van der Waals surface area contributed by atoms with Crippen molar-refractivity contribution in [2.24, 2.45) is 11.7 Å². The van der Waals surface area contributed by atoms with Crippen molar-refractivity contribution in [3.63, 3.8) is 0 Å². The van der Waals surface area contributed by atoms with E-state index in [1.807, 2.05) is 0 Å². The van der Waals surface area contributed by atoms with Gasteiger partial charge in [-0.25, -0.2) is 0 Å². The fraction of sp³-hybridized carbons (Fsp3) is 0.909. The van der Waals surface area contributed by atoms with Crippen LogP contribution in [0.2, 0.25) is 0 Å².